The summed E-state index contributed by atoms with van der Waals surface area (Å²) in [5.41, 5.74) is 3.93. The number of fused-ring (bicyclic) bond motifs is 1. The average molecular weight is 457 g/mol. The molecule has 28 heavy (non-hydrogen) atoms. The number of imidazole rings is 1. The molecule has 0 unspecified atom stereocenters. The Morgan fingerprint density at radius 1 is 1.11 bits per heavy atom. The van der Waals surface area contributed by atoms with Crippen molar-refractivity contribution in [1.82, 2.24) is 9.97 Å². The molecule has 0 fully saturated rings. The topological polar surface area (TPSA) is 67.0 Å². The number of carbonyl (C=O) groups is 1. The van der Waals surface area contributed by atoms with E-state index < -0.39 is 6.09 Å². The summed E-state index contributed by atoms with van der Waals surface area (Å²) in [5, 5.41) is 3.11. The molecule has 4 rings (SSSR count). The molecule has 0 saturated carbocycles. The quantitative estimate of drug-likeness (QED) is 0.374. The highest BCUT2D eigenvalue weighted by molar-refractivity contribution is 9.10. The summed E-state index contributed by atoms with van der Waals surface area (Å²) in [6, 6.07) is 20.6. The van der Waals surface area contributed by atoms with E-state index in [1.807, 2.05) is 54.6 Å². The van der Waals surface area contributed by atoms with E-state index in [1.165, 1.54) is 0 Å². The van der Waals surface area contributed by atoms with E-state index in [2.05, 4.69) is 31.2 Å². The number of anilines is 1. The van der Waals surface area contributed by atoms with E-state index in [1.54, 1.807) is 12.1 Å². The second-order valence-corrected chi connectivity index (χ2v) is 7.45. The van der Waals surface area contributed by atoms with Crippen molar-refractivity contribution < 1.29 is 9.53 Å². The van der Waals surface area contributed by atoms with Crippen LogP contribution in [0.1, 0.15) is 5.56 Å². The van der Waals surface area contributed by atoms with Gasteiger partial charge in [-0.2, -0.15) is 0 Å². The van der Waals surface area contributed by atoms with Crippen molar-refractivity contribution in [2.75, 3.05) is 5.32 Å². The molecule has 0 aliphatic carbocycles. The molecule has 0 atom stereocenters. The molecule has 1 amide bonds. The van der Waals surface area contributed by atoms with Crippen LogP contribution in [0.25, 0.3) is 22.4 Å². The first-order valence-electron chi connectivity index (χ1n) is 8.51. The Labute approximate surface area is 174 Å². The standard InChI is InChI=1S/C21H15BrClN3O2/c22-15-7-9-17-19(11-15)25-20(24-17)14-6-8-16(23)18(10-14)26-21(27)28-12-13-4-2-1-3-5-13/h1-11H,12H2,(H,24,25)(H,26,27). The number of H-pyrrole nitrogens is 1. The van der Waals surface area contributed by atoms with E-state index in [9.17, 15) is 4.79 Å². The zero-order valence-electron chi connectivity index (χ0n) is 14.6. The van der Waals surface area contributed by atoms with Crippen LogP contribution in [0.5, 0.6) is 0 Å². The number of nitrogens with one attached hydrogen (secondary N) is 2. The molecule has 0 radical (unpaired) electrons. The van der Waals surface area contributed by atoms with Gasteiger partial charge in [0.2, 0.25) is 0 Å². The number of amides is 1. The Hall–Kier alpha value is -2.83. The summed E-state index contributed by atoms with van der Waals surface area (Å²) < 4.78 is 6.22. The second-order valence-electron chi connectivity index (χ2n) is 6.13. The van der Waals surface area contributed by atoms with Gasteiger partial charge in [0.25, 0.3) is 0 Å². The Kier molecular flexibility index (Phi) is 5.32. The summed E-state index contributed by atoms with van der Waals surface area (Å²) >= 11 is 9.69. The zero-order valence-corrected chi connectivity index (χ0v) is 16.9. The van der Waals surface area contributed by atoms with Crippen LogP contribution in [-0.4, -0.2) is 16.1 Å². The van der Waals surface area contributed by atoms with Gasteiger partial charge in [-0.3, -0.25) is 5.32 Å². The summed E-state index contributed by atoms with van der Waals surface area (Å²) in [6.07, 6.45) is -0.573. The van der Waals surface area contributed by atoms with Gasteiger partial charge in [-0.25, -0.2) is 9.78 Å². The minimum Gasteiger partial charge on any atom is -0.444 e. The van der Waals surface area contributed by atoms with Crippen LogP contribution in [0.3, 0.4) is 0 Å². The first-order chi connectivity index (χ1) is 13.6. The van der Waals surface area contributed by atoms with Crippen molar-refractivity contribution in [2.45, 2.75) is 6.61 Å². The maximum Gasteiger partial charge on any atom is 0.412 e. The lowest BCUT2D eigenvalue weighted by Gasteiger charge is -2.09. The Morgan fingerprint density at radius 3 is 2.75 bits per heavy atom. The van der Waals surface area contributed by atoms with Crippen LogP contribution < -0.4 is 5.32 Å². The van der Waals surface area contributed by atoms with Crippen molar-refractivity contribution in [1.29, 1.82) is 0 Å². The lowest BCUT2D eigenvalue weighted by Crippen LogP contribution is -2.13. The number of hydrogen-bond acceptors (Lipinski definition) is 3. The first-order valence-corrected chi connectivity index (χ1v) is 9.68. The summed E-state index contributed by atoms with van der Waals surface area (Å²) in [7, 11) is 0. The van der Waals surface area contributed by atoms with Crippen LogP contribution in [0.2, 0.25) is 5.02 Å². The van der Waals surface area contributed by atoms with E-state index in [4.69, 9.17) is 16.3 Å². The molecular weight excluding hydrogens is 442 g/mol. The monoisotopic (exact) mass is 455 g/mol. The number of aromatic amines is 1. The number of hydrogen-bond donors (Lipinski definition) is 2. The highest BCUT2D eigenvalue weighted by Gasteiger charge is 2.11. The minimum atomic E-state index is -0.573. The molecule has 5 nitrogen and oxygen atoms in total. The Bertz CT molecular complexity index is 1150. The fourth-order valence-electron chi connectivity index (χ4n) is 2.76. The molecule has 4 aromatic rings. The van der Waals surface area contributed by atoms with Crippen LogP contribution in [0.4, 0.5) is 10.5 Å². The molecule has 7 heteroatoms. The molecule has 1 aromatic heterocycles. The number of halogens is 2. The SMILES string of the molecule is O=C(Nc1cc(-c2nc3ccc(Br)cc3[nH]2)ccc1Cl)OCc1ccccc1. The van der Waals surface area contributed by atoms with Gasteiger partial charge in [-0.1, -0.05) is 57.9 Å². The van der Waals surface area contributed by atoms with Crippen LogP contribution in [0.15, 0.2) is 71.2 Å². The number of rotatable bonds is 4. The van der Waals surface area contributed by atoms with Crippen molar-refractivity contribution >= 4 is 50.3 Å². The fourth-order valence-corrected chi connectivity index (χ4v) is 3.28. The Morgan fingerprint density at radius 2 is 1.93 bits per heavy atom. The molecule has 140 valence electrons. The normalized spacial score (nSPS) is 10.8. The highest BCUT2D eigenvalue weighted by Crippen LogP contribution is 2.29. The molecule has 0 aliphatic heterocycles. The molecular formula is C21H15BrClN3O2. The molecule has 0 bridgehead atoms. The van der Waals surface area contributed by atoms with E-state index >= 15 is 0 Å². The molecule has 1 heterocycles. The third kappa shape index (κ3) is 4.18. The molecule has 3 aromatic carbocycles. The number of benzene rings is 3. The van der Waals surface area contributed by atoms with E-state index in [-0.39, 0.29) is 6.61 Å². The third-order valence-electron chi connectivity index (χ3n) is 4.13. The van der Waals surface area contributed by atoms with Gasteiger partial charge in [0.1, 0.15) is 12.4 Å². The predicted octanol–water partition coefficient (Wildman–Crippen LogP) is 6.39. The van der Waals surface area contributed by atoms with Crippen molar-refractivity contribution in [3.63, 3.8) is 0 Å². The second kappa shape index (κ2) is 8.04. The van der Waals surface area contributed by atoms with Gasteiger partial charge in [-0.05, 0) is 42.0 Å². The van der Waals surface area contributed by atoms with Crippen LogP contribution >= 0.6 is 27.5 Å². The van der Waals surface area contributed by atoms with Crippen molar-refractivity contribution in [3.8, 4) is 11.4 Å². The maximum atomic E-state index is 12.1. The van der Waals surface area contributed by atoms with Gasteiger partial charge in [0, 0.05) is 10.0 Å². The van der Waals surface area contributed by atoms with Crippen molar-refractivity contribution in [3.05, 3.63) is 81.8 Å². The third-order valence-corrected chi connectivity index (χ3v) is 4.96. The van der Waals surface area contributed by atoms with Gasteiger partial charge in [0.15, 0.2) is 0 Å². The lowest BCUT2D eigenvalue weighted by molar-refractivity contribution is 0.155. The molecule has 0 spiro atoms. The van der Waals surface area contributed by atoms with Gasteiger partial charge in [-0.15, -0.1) is 0 Å². The number of carbonyl (C=O) groups excluding carboxylic acids is 1. The number of nitrogens with zero attached hydrogens (tertiary/aromatic N) is 1. The highest BCUT2D eigenvalue weighted by atomic mass is 79.9. The van der Waals surface area contributed by atoms with Crippen LogP contribution in [0, 0.1) is 0 Å². The van der Waals surface area contributed by atoms with E-state index in [0.29, 0.717) is 16.5 Å². The van der Waals surface area contributed by atoms with Gasteiger partial charge >= 0.3 is 6.09 Å². The molecule has 0 aliphatic rings. The predicted molar refractivity (Wildman–Crippen MR) is 114 cm³/mol. The van der Waals surface area contributed by atoms with E-state index in [0.717, 1.165) is 26.6 Å². The lowest BCUT2D eigenvalue weighted by atomic mass is 10.2. The Balaban J connectivity index is 1.52. The molecule has 2 N–H and O–H groups in total. The summed E-state index contributed by atoms with van der Waals surface area (Å²) in [6.45, 7) is 0.183. The smallest absolute Gasteiger partial charge is 0.412 e. The van der Waals surface area contributed by atoms with Crippen LogP contribution in [-0.2, 0) is 11.3 Å². The number of ether oxygens (including phenoxy) is 1. The van der Waals surface area contributed by atoms with Gasteiger partial charge in [0.05, 0.1) is 21.7 Å². The van der Waals surface area contributed by atoms with Crippen molar-refractivity contribution in [2.24, 2.45) is 0 Å². The summed E-state index contributed by atoms with van der Waals surface area (Å²) in [5.74, 6) is 0.686. The largest absolute Gasteiger partial charge is 0.444 e. The first kappa shape index (κ1) is 18.5. The zero-order chi connectivity index (χ0) is 19.5. The average Bonchev–Trinajstić information content (AvgIpc) is 3.12. The number of aromatic nitrogens is 2. The maximum absolute atomic E-state index is 12.1. The molecule has 0 saturated heterocycles. The van der Waals surface area contributed by atoms with Gasteiger partial charge < -0.3 is 9.72 Å². The summed E-state index contributed by atoms with van der Waals surface area (Å²) in [4.78, 5) is 20.0. The fraction of sp³-hybridized carbons (Fsp3) is 0.0476. The minimum absolute atomic E-state index is 0.183.